The van der Waals surface area contributed by atoms with Gasteiger partial charge in [0.25, 0.3) is 5.91 Å². The minimum Gasteiger partial charge on any atom is -0.488 e. The molecule has 1 amide bonds. The van der Waals surface area contributed by atoms with E-state index in [-0.39, 0.29) is 41.8 Å². The van der Waals surface area contributed by atoms with Gasteiger partial charge in [-0.2, -0.15) is 0 Å². The maximum absolute atomic E-state index is 14.3. The average Bonchev–Trinajstić information content (AvgIpc) is 3.35. The van der Waals surface area contributed by atoms with Gasteiger partial charge in [0, 0.05) is 54.9 Å². The summed E-state index contributed by atoms with van der Waals surface area (Å²) >= 11 is 0. The molecule has 9 heteroatoms. The first kappa shape index (κ1) is 23.9. The largest absolute Gasteiger partial charge is 0.488 e. The molecule has 1 aliphatic rings. The van der Waals surface area contributed by atoms with Crippen LogP contribution in [0.5, 0.6) is 5.75 Å². The highest BCUT2D eigenvalue weighted by molar-refractivity contribution is 6.50. The SMILES string of the molecule is COCCOc1cc(N)c(C(=N)C(=O)C=C(N)c2ccc(C(=O)N3CCCC3)cc2)cc1F. The predicted molar refractivity (Wildman–Crippen MR) is 124 cm³/mol. The van der Waals surface area contributed by atoms with Crippen molar-refractivity contribution in [2.24, 2.45) is 5.73 Å². The molecule has 0 saturated carbocycles. The molecule has 5 N–H and O–H groups in total. The summed E-state index contributed by atoms with van der Waals surface area (Å²) in [7, 11) is 1.49. The lowest BCUT2D eigenvalue weighted by molar-refractivity contribution is -0.108. The molecule has 8 nitrogen and oxygen atoms in total. The number of ether oxygens (including phenoxy) is 2. The van der Waals surface area contributed by atoms with E-state index in [0.29, 0.717) is 11.1 Å². The molecule has 3 rings (SSSR count). The standard InChI is InChI=1S/C24H27FN4O4/c1-32-10-11-33-22-14-20(27)17(12-18(22)25)23(28)21(30)13-19(26)15-4-6-16(7-5-15)24(31)29-8-2-3-9-29/h4-7,12-14,28H,2-3,8-11,26-27H2,1H3. The Labute approximate surface area is 191 Å². The van der Waals surface area contributed by atoms with E-state index >= 15 is 0 Å². The van der Waals surface area contributed by atoms with Crippen molar-refractivity contribution in [2.45, 2.75) is 12.8 Å². The normalized spacial score (nSPS) is 13.8. The van der Waals surface area contributed by atoms with Crippen LogP contribution in [0.15, 0.2) is 42.5 Å². The number of amides is 1. The molecule has 1 saturated heterocycles. The fourth-order valence-electron chi connectivity index (χ4n) is 3.47. The van der Waals surface area contributed by atoms with Gasteiger partial charge < -0.3 is 25.8 Å². The summed E-state index contributed by atoms with van der Waals surface area (Å²) in [4.78, 5) is 26.8. The molecule has 2 aromatic rings. The van der Waals surface area contributed by atoms with Gasteiger partial charge >= 0.3 is 0 Å². The molecule has 174 valence electrons. The smallest absolute Gasteiger partial charge is 0.253 e. The Bertz CT molecular complexity index is 1080. The Hall–Kier alpha value is -3.72. The maximum Gasteiger partial charge on any atom is 0.253 e. The van der Waals surface area contributed by atoms with Crippen LogP contribution < -0.4 is 16.2 Å². The van der Waals surface area contributed by atoms with Gasteiger partial charge in [-0.05, 0) is 36.6 Å². The summed E-state index contributed by atoms with van der Waals surface area (Å²) in [5.41, 5.74) is 12.6. The Morgan fingerprint density at radius 1 is 1.12 bits per heavy atom. The first-order valence-electron chi connectivity index (χ1n) is 10.5. The topological polar surface area (TPSA) is 132 Å². The first-order chi connectivity index (χ1) is 15.8. The fourth-order valence-corrected chi connectivity index (χ4v) is 3.47. The zero-order chi connectivity index (χ0) is 24.0. The lowest BCUT2D eigenvalue weighted by atomic mass is 10.0. The number of carbonyl (C=O) groups excluding carboxylic acids is 2. The third-order valence-corrected chi connectivity index (χ3v) is 5.31. The number of benzene rings is 2. The summed E-state index contributed by atoms with van der Waals surface area (Å²) < 4.78 is 24.4. The number of halogens is 1. The van der Waals surface area contributed by atoms with Crippen molar-refractivity contribution in [3.05, 3.63) is 65.0 Å². The summed E-state index contributed by atoms with van der Waals surface area (Å²) in [6, 6.07) is 8.81. The number of nitrogens with zero attached hydrogens (tertiary/aromatic N) is 1. The number of likely N-dealkylation sites (tertiary alicyclic amines) is 1. The van der Waals surface area contributed by atoms with E-state index in [4.69, 9.17) is 26.4 Å². The molecule has 33 heavy (non-hydrogen) atoms. The molecule has 0 bridgehead atoms. The number of methoxy groups -OCH3 is 1. The van der Waals surface area contributed by atoms with E-state index in [1.54, 1.807) is 29.2 Å². The number of anilines is 1. The van der Waals surface area contributed by atoms with Gasteiger partial charge in [-0.25, -0.2) is 4.39 Å². The second-order valence-corrected chi connectivity index (χ2v) is 7.63. The molecular formula is C24H27FN4O4. The predicted octanol–water partition coefficient (Wildman–Crippen LogP) is 2.61. The number of hydrogen-bond acceptors (Lipinski definition) is 7. The fraction of sp³-hybridized carbons (Fsp3) is 0.292. The quantitative estimate of drug-likeness (QED) is 0.231. The van der Waals surface area contributed by atoms with Crippen molar-refractivity contribution in [2.75, 3.05) is 39.1 Å². The zero-order valence-electron chi connectivity index (χ0n) is 18.4. The highest BCUT2D eigenvalue weighted by Gasteiger charge is 2.20. The van der Waals surface area contributed by atoms with Crippen LogP contribution >= 0.6 is 0 Å². The number of rotatable bonds is 9. The zero-order valence-corrected chi connectivity index (χ0v) is 18.4. The third-order valence-electron chi connectivity index (χ3n) is 5.31. The average molecular weight is 455 g/mol. The van der Waals surface area contributed by atoms with Gasteiger partial charge in [0.1, 0.15) is 12.3 Å². The van der Waals surface area contributed by atoms with Crippen LogP contribution in [0.2, 0.25) is 0 Å². The Balaban J connectivity index is 1.71. The summed E-state index contributed by atoms with van der Waals surface area (Å²) in [5.74, 6) is -1.61. The number of ketones is 1. The number of carbonyl (C=O) groups is 2. The van der Waals surface area contributed by atoms with E-state index < -0.39 is 17.3 Å². The maximum atomic E-state index is 14.3. The van der Waals surface area contributed by atoms with Crippen LogP contribution in [0, 0.1) is 11.2 Å². The van der Waals surface area contributed by atoms with Crippen molar-refractivity contribution in [3.63, 3.8) is 0 Å². The molecule has 0 spiro atoms. The van der Waals surface area contributed by atoms with Crippen LogP contribution in [0.3, 0.4) is 0 Å². The van der Waals surface area contributed by atoms with Crippen molar-refractivity contribution in [1.29, 1.82) is 5.41 Å². The lowest BCUT2D eigenvalue weighted by Crippen LogP contribution is -2.27. The van der Waals surface area contributed by atoms with Crippen molar-refractivity contribution < 1.29 is 23.5 Å². The van der Waals surface area contributed by atoms with E-state index in [2.05, 4.69) is 0 Å². The second kappa shape index (κ2) is 10.7. The minimum atomic E-state index is -0.747. The third kappa shape index (κ3) is 5.75. The van der Waals surface area contributed by atoms with Gasteiger partial charge in [0.2, 0.25) is 5.78 Å². The molecule has 0 atom stereocenters. The molecule has 2 aromatic carbocycles. The van der Waals surface area contributed by atoms with Crippen LogP contribution in [-0.2, 0) is 9.53 Å². The van der Waals surface area contributed by atoms with E-state index in [1.165, 1.54) is 13.2 Å². The Morgan fingerprint density at radius 3 is 2.39 bits per heavy atom. The molecule has 1 fully saturated rings. The summed E-state index contributed by atoms with van der Waals surface area (Å²) in [6.45, 7) is 1.91. The van der Waals surface area contributed by atoms with Gasteiger partial charge in [-0.15, -0.1) is 0 Å². The van der Waals surface area contributed by atoms with Crippen LogP contribution in [0.1, 0.15) is 34.3 Å². The van der Waals surface area contributed by atoms with E-state index in [0.717, 1.165) is 38.1 Å². The number of nitrogens with two attached hydrogens (primary N) is 2. The van der Waals surface area contributed by atoms with E-state index in [1.807, 2.05) is 0 Å². The van der Waals surface area contributed by atoms with Crippen LogP contribution in [0.25, 0.3) is 5.70 Å². The highest BCUT2D eigenvalue weighted by atomic mass is 19.1. The van der Waals surface area contributed by atoms with Crippen LogP contribution in [0.4, 0.5) is 10.1 Å². The molecule has 0 aliphatic carbocycles. The molecule has 0 unspecified atom stereocenters. The summed E-state index contributed by atoms with van der Waals surface area (Å²) in [6.07, 6.45) is 3.09. The molecule has 0 radical (unpaired) electrons. The molecule has 1 aliphatic heterocycles. The van der Waals surface area contributed by atoms with Crippen molar-refractivity contribution >= 4 is 28.8 Å². The lowest BCUT2D eigenvalue weighted by Gasteiger charge is -2.15. The summed E-state index contributed by atoms with van der Waals surface area (Å²) in [5, 5.41) is 8.15. The Morgan fingerprint density at radius 2 is 1.76 bits per heavy atom. The number of allylic oxidation sites excluding steroid dienone is 1. The van der Waals surface area contributed by atoms with Gasteiger partial charge in [0.15, 0.2) is 11.6 Å². The monoisotopic (exact) mass is 454 g/mol. The van der Waals surface area contributed by atoms with Gasteiger partial charge in [-0.3, -0.25) is 15.0 Å². The highest BCUT2D eigenvalue weighted by Crippen LogP contribution is 2.25. The molecule has 0 aromatic heterocycles. The molecular weight excluding hydrogens is 427 g/mol. The number of nitrogen functional groups attached to an aromatic ring is 1. The number of nitrogens with one attached hydrogen (secondary N) is 1. The van der Waals surface area contributed by atoms with E-state index in [9.17, 15) is 14.0 Å². The van der Waals surface area contributed by atoms with Gasteiger partial charge in [-0.1, -0.05) is 12.1 Å². The van der Waals surface area contributed by atoms with Crippen molar-refractivity contribution in [3.8, 4) is 5.75 Å². The first-order valence-corrected chi connectivity index (χ1v) is 10.5. The van der Waals surface area contributed by atoms with Crippen molar-refractivity contribution in [1.82, 2.24) is 4.90 Å². The Kier molecular flexibility index (Phi) is 7.78. The number of hydrogen-bond donors (Lipinski definition) is 3. The van der Waals surface area contributed by atoms with Gasteiger partial charge in [0.05, 0.1) is 6.61 Å². The second-order valence-electron chi connectivity index (χ2n) is 7.63. The van der Waals surface area contributed by atoms with Crippen LogP contribution in [-0.4, -0.2) is 55.7 Å². The minimum absolute atomic E-state index is 0.0268. The molecule has 1 heterocycles.